The Morgan fingerprint density at radius 1 is 1.36 bits per heavy atom. The molecule has 0 radical (unpaired) electrons. The van der Waals surface area contributed by atoms with E-state index in [0.717, 1.165) is 25.7 Å². The average Bonchev–Trinajstić information content (AvgIpc) is 2.19. The van der Waals surface area contributed by atoms with Crippen LogP contribution in [0, 0.1) is 5.92 Å². The van der Waals surface area contributed by atoms with Gasteiger partial charge in [0.25, 0.3) is 0 Å². The van der Waals surface area contributed by atoms with Crippen molar-refractivity contribution in [2.75, 3.05) is 26.9 Å². The molecule has 3 heteroatoms. The predicted molar refractivity (Wildman–Crippen MR) is 57.5 cm³/mol. The van der Waals surface area contributed by atoms with Crippen LogP contribution in [0.3, 0.4) is 0 Å². The van der Waals surface area contributed by atoms with Gasteiger partial charge in [-0.2, -0.15) is 0 Å². The molecule has 1 fully saturated rings. The van der Waals surface area contributed by atoms with E-state index in [0.29, 0.717) is 12.1 Å². The minimum absolute atomic E-state index is 0.442. The van der Waals surface area contributed by atoms with Crippen molar-refractivity contribution in [1.82, 2.24) is 5.32 Å². The van der Waals surface area contributed by atoms with Crippen molar-refractivity contribution in [3.8, 4) is 0 Å². The lowest BCUT2D eigenvalue weighted by Gasteiger charge is -2.30. The first-order valence-electron chi connectivity index (χ1n) is 5.56. The number of hydrogen-bond acceptors (Lipinski definition) is 3. The maximum Gasteiger partial charge on any atom is 0.0613 e. The second-order valence-corrected chi connectivity index (χ2v) is 4.26. The van der Waals surface area contributed by atoms with Crippen LogP contribution in [0.2, 0.25) is 0 Å². The van der Waals surface area contributed by atoms with Crippen LogP contribution in [0.25, 0.3) is 0 Å². The van der Waals surface area contributed by atoms with Gasteiger partial charge >= 0.3 is 0 Å². The second kappa shape index (κ2) is 6.38. The molecule has 1 rings (SSSR count). The third-order valence-corrected chi connectivity index (χ3v) is 2.94. The van der Waals surface area contributed by atoms with Crippen molar-refractivity contribution in [2.45, 2.75) is 38.8 Å². The molecule has 0 aromatic carbocycles. The molecule has 0 bridgehead atoms. The third kappa shape index (κ3) is 3.95. The van der Waals surface area contributed by atoms with Gasteiger partial charge in [-0.25, -0.2) is 0 Å². The molecule has 2 unspecified atom stereocenters. The largest absolute Gasteiger partial charge is 0.383 e. The maximum atomic E-state index is 5.35. The van der Waals surface area contributed by atoms with Gasteiger partial charge in [-0.05, 0) is 32.6 Å². The third-order valence-electron chi connectivity index (χ3n) is 2.94. The number of nitrogens with one attached hydrogen (secondary N) is 1. The first kappa shape index (κ1) is 12.0. The molecule has 1 aliphatic heterocycles. The van der Waals surface area contributed by atoms with Crippen molar-refractivity contribution in [3.63, 3.8) is 0 Å². The molecule has 3 nitrogen and oxygen atoms in total. The summed E-state index contributed by atoms with van der Waals surface area (Å²) in [6, 6.07) is 1.02. The summed E-state index contributed by atoms with van der Waals surface area (Å²) < 4.78 is 10.5. The van der Waals surface area contributed by atoms with Crippen LogP contribution in [0.4, 0.5) is 0 Å². The SMILES string of the molecule is COCC(C)NC(C)C1CCOCC1. The summed E-state index contributed by atoms with van der Waals surface area (Å²) in [6.45, 7) is 7.07. The molecule has 1 N–H and O–H groups in total. The Morgan fingerprint density at radius 2 is 2.00 bits per heavy atom. The molecule has 14 heavy (non-hydrogen) atoms. The fourth-order valence-corrected chi connectivity index (χ4v) is 2.10. The van der Waals surface area contributed by atoms with Crippen LogP contribution in [-0.2, 0) is 9.47 Å². The molecule has 0 spiro atoms. The Hall–Kier alpha value is -0.120. The van der Waals surface area contributed by atoms with Crippen molar-refractivity contribution in [1.29, 1.82) is 0 Å². The van der Waals surface area contributed by atoms with Crippen molar-refractivity contribution >= 4 is 0 Å². The zero-order valence-electron chi connectivity index (χ0n) is 9.58. The van der Waals surface area contributed by atoms with Gasteiger partial charge in [0, 0.05) is 32.4 Å². The Labute approximate surface area is 87.2 Å². The van der Waals surface area contributed by atoms with E-state index < -0.39 is 0 Å². The minimum atomic E-state index is 0.442. The number of hydrogen-bond donors (Lipinski definition) is 1. The van der Waals surface area contributed by atoms with Crippen molar-refractivity contribution < 1.29 is 9.47 Å². The van der Waals surface area contributed by atoms with E-state index >= 15 is 0 Å². The second-order valence-electron chi connectivity index (χ2n) is 4.26. The van der Waals surface area contributed by atoms with E-state index in [1.165, 1.54) is 12.8 Å². The Kier molecular flexibility index (Phi) is 5.45. The van der Waals surface area contributed by atoms with E-state index in [2.05, 4.69) is 19.2 Å². The smallest absolute Gasteiger partial charge is 0.0613 e. The molecule has 1 heterocycles. The van der Waals surface area contributed by atoms with Crippen molar-refractivity contribution in [3.05, 3.63) is 0 Å². The standard InChI is InChI=1S/C11H23NO2/c1-9(8-13-3)12-10(2)11-4-6-14-7-5-11/h9-12H,4-8H2,1-3H3. The van der Waals surface area contributed by atoms with Gasteiger partial charge in [0.1, 0.15) is 0 Å². The summed E-state index contributed by atoms with van der Waals surface area (Å²) in [6.07, 6.45) is 2.38. The lowest BCUT2D eigenvalue weighted by Crippen LogP contribution is -2.43. The normalized spacial score (nSPS) is 23.4. The fraction of sp³-hybridized carbons (Fsp3) is 1.00. The fourth-order valence-electron chi connectivity index (χ4n) is 2.10. The molecular formula is C11H23NO2. The number of methoxy groups -OCH3 is 1. The van der Waals surface area contributed by atoms with Crippen LogP contribution in [0.15, 0.2) is 0 Å². The summed E-state index contributed by atoms with van der Waals surface area (Å²) in [5.41, 5.74) is 0. The Bertz CT molecular complexity index is 146. The topological polar surface area (TPSA) is 30.5 Å². The molecule has 0 amide bonds. The van der Waals surface area contributed by atoms with Crippen LogP contribution >= 0.6 is 0 Å². The average molecular weight is 201 g/mol. The zero-order valence-corrected chi connectivity index (χ0v) is 9.58. The zero-order chi connectivity index (χ0) is 10.4. The summed E-state index contributed by atoms with van der Waals surface area (Å²) in [4.78, 5) is 0. The molecule has 2 atom stereocenters. The van der Waals surface area contributed by atoms with Gasteiger partial charge in [-0.1, -0.05) is 0 Å². The van der Waals surface area contributed by atoms with Gasteiger partial charge in [-0.15, -0.1) is 0 Å². The molecular weight excluding hydrogens is 178 g/mol. The molecule has 1 saturated heterocycles. The highest BCUT2D eigenvalue weighted by Crippen LogP contribution is 2.18. The van der Waals surface area contributed by atoms with Gasteiger partial charge < -0.3 is 14.8 Å². The molecule has 0 aromatic rings. The van der Waals surface area contributed by atoms with E-state index in [9.17, 15) is 0 Å². The van der Waals surface area contributed by atoms with Crippen LogP contribution in [-0.4, -0.2) is 39.0 Å². The maximum absolute atomic E-state index is 5.35. The van der Waals surface area contributed by atoms with Gasteiger partial charge in [-0.3, -0.25) is 0 Å². The molecule has 0 aliphatic carbocycles. The predicted octanol–water partition coefficient (Wildman–Crippen LogP) is 1.43. The number of ether oxygens (including phenoxy) is 2. The highest BCUT2D eigenvalue weighted by molar-refractivity contribution is 4.77. The Balaban J connectivity index is 2.21. The lowest BCUT2D eigenvalue weighted by atomic mass is 9.92. The minimum Gasteiger partial charge on any atom is -0.383 e. The Morgan fingerprint density at radius 3 is 2.57 bits per heavy atom. The first-order valence-corrected chi connectivity index (χ1v) is 5.56. The van der Waals surface area contributed by atoms with Crippen LogP contribution in [0.5, 0.6) is 0 Å². The van der Waals surface area contributed by atoms with Crippen LogP contribution in [0.1, 0.15) is 26.7 Å². The quantitative estimate of drug-likeness (QED) is 0.730. The highest BCUT2D eigenvalue weighted by atomic mass is 16.5. The van der Waals surface area contributed by atoms with Gasteiger partial charge in [0.2, 0.25) is 0 Å². The van der Waals surface area contributed by atoms with Gasteiger partial charge in [0.15, 0.2) is 0 Å². The monoisotopic (exact) mass is 201 g/mol. The summed E-state index contributed by atoms with van der Waals surface area (Å²) >= 11 is 0. The van der Waals surface area contributed by atoms with E-state index in [-0.39, 0.29) is 0 Å². The highest BCUT2D eigenvalue weighted by Gasteiger charge is 2.21. The summed E-state index contributed by atoms with van der Waals surface area (Å²) in [5, 5.41) is 3.57. The molecule has 1 aliphatic rings. The van der Waals surface area contributed by atoms with Crippen LogP contribution < -0.4 is 5.32 Å². The first-order chi connectivity index (χ1) is 6.74. The van der Waals surface area contributed by atoms with E-state index in [1.54, 1.807) is 7.11 Å². The summed E-state index contributed by atoms with van der Waals surface area (Å²) in [5.74, 6) is 0.767. The lowest BCUT2D eigenvalue weighted by molar-refractivity contribution is 0.0524. The number of rotatable bonds is 5. The van der Waals surface area contributed by atoms with Crippen molar-refractivity contribution in [2.24, 2.45) is 5.92 Å². The van der Waals surface area contributed by atoms with E-state index in [4.69, 9.17) is 9.47 Å². The van der Waals surface area contributed by atoms with E-state index in [1.807, 2.05) is 0 Å². The molecule has 0 saturated carbocycles. The molecule has 0 aromatic heterocycles. The van der Waals surface area contributed by atoms with Gasteiger partial charge in [0.05, 0.1) is 6.61 Å². The molecule has 84 valence electrons. The summed E-state index contributed by atoms with van der Waals surface area (Å²) in [7, 11) is 1.75.